The second-order valence-corrected chi connectivity index (χ2v) is 5.25. The Labute approximate surface area is 113 Å². The first-order chi connectivity index (χ1) is 8.41. The van der Waals surface area contributed by atoms with Crippen LogP contribution < -0.4 is 0 Å². The van der Waals surface area contributed by atoms with Gasteiger partial charge in [-0.3, -0.25) is 0 Å². The molecule has 0 amide bonds. The van der Waals surface area contributed by atoms with Gasteiger partial charge < -0.3 is 5.11 Å². The van der Waals surface area contributed by atoms with Gasteiger partial charge in [-0.25, -0.2) is 0 Å². The highest BCUT2D eigenvalue weighted by Crippen LogP contribution is 2.12. The molecule has 0 saturated heterocycles. The number of hydrogen-bond acceptors (Lipinski definition) is 2. The number of aliphatic hydroxyl groups excluding tert-OH is 1. The fourth-order valence-corrected chi connectivity index (χ4v) is 2.27. The van der Waals surface area contributed by atoms with E-state index in [0.29, 0.717) is 6.61 Å². The smallest absolute Gasteiger partial charge is 0.0431 e. The molecule has 0 spiro atoms. The van der Waals surface area contributed by atoms with Gasteiger partial charge in [0.25, 0.3) is 0 Å². The third kappa shape index (κ3) is 16.1. The second kappa shape index (κ2) is 16.1. The summed E-state index contributed by atoms with van der Waals surface area (Å²) in [5.41, 5.74) is 0. The summed E-state index contributed by atoms with van der Waals surface area (Å²) >= 11 is 4.80. The van der Waals surface area contributed by atoms with Crippen LogP contribution in [0, 0.1) is 0 Å². The molecule has 0 aromatic heterocycles. The highest BCUT2D eigenvalue weighted by molar-refractivity contribution is 7.78. The van der Waals surface area contributed by atoms with Gasteiger partial charge in [-0.1, -0.05) is 76.4 Å². The van der Waals surface area contributed by atoms with Gasteiger partial charge in [0.1, 0.15) is 0 Å². The molecule has 0 aromatic rings. The fraction of sp³-hybridized carbons (Fsp3) is 0.933. The quantitative estimate of drug-likeness (QED) is 0.347. The van der Waals surface area contributed by atoms with Crippen LogP contribution >= 0.6 is 12.2 Å². The van der Waals surface area contributed by atoms with Crippen molar-refractivity contribution in [3.8, 4) is 0 Å². The van der Waals surface area contributed by atoms with Gasteiger partial charge in [-0.2, -0.15) is 0 Å². The first kappa shape index (κ1) is 17.1. The average Bonchev–Trinajstić information content (AvgIpc) is 2.35. The zero-order valence-electron chi connectivity index (χ0n) is 11.3. The van der Waals surface area contributed by atoms with Crippen molar-refractivity contribution in [1.29, 1.82) is 0 Å². The lowest BCUT2D eigenvalue weighted by Gasteiger charge is -2.02. The summed E-state index contributed by atoms with van der Waals surface area (Å²) in [4.78, 5) is 0. The molecule has 0 unspecified atom stereocenters. The number of hydrogen-bond donors (Lipinski definition) is 1. The molecule has 0 saturated carbocycles. The first-order valence-electron chi connectivity index (χ1n) is 7.46. The molecule has 0 radical (unpaired) electrons. The Balaban J connectivity index is 2.87. The predicted molar refractivity (Wildman–Crippen MR) is 80.8 cm³/mol. The van der Waals surface area contributed by atoms with E-state index in [9.17, 15) is 0 Å². The summed E-state index contributed by atoms with van der Waals surface area (Å²) in [5.74, 6) is 0. The van der Waals surface area contributed by atoms with Crippen LogP contribution in [0.1, 0.15) is 83.5 Å². The van der Waals surface area contributed by atoms with Crippen molar-refractivity contribution < 1.29 is 5.11 Å². The lowest BCUT2D eigenvalue weighted by molar-refractivity contribution is 0.282. The minimum atomic E-state index is 0.364. The van der Waals surface area contributed by atoms with Gasteiger partial charge in [-0.05, 0) is 24.6 Å². The van der Waals surface area contributed by atoms with Crippen molar-refractivity contribution in [3.63, 3.8) is 0 Å². The molecule has 0 rings (SSSR count). The predicted octanol–water partition coefficient (Wildman–Crippen LogP) is 5.05. The number of thiocarbonyl (C=S) groups is 1. The molecule has 0 heterocycles. The van der Waals surface area contributed by atoms with Gasteiger partial charge >= 0.3 is 0 Å². The Kier molecular flexibility index (Phi) is 16.1. The van der Waals surface area contributed by atoms with Crippen molar-refractivity contribution in [2.75, 3.05) is 6.61 Å². The summed E-state index contributed by atoms with van der Waals surface area (Å²) in [7, 11) is 0. The summed E-state index contributed by atoms with van der Waals surface area (Å²) in [5, 5.41) is 10.5. The average molecular weight is 258 g/mol. The molecule has 2 heteroatoms. The minimum absolute atomic E-state index is 0.364. The third-order valence-corrected chi connectivity index (χ3v) is 3.47. The van der Waals surface area contributed by atoms with E-state index in [0.717, 1.165) is 12.8 Å². The molecule has 0 fully saturated rings. The number of aliphatic hydroxyl groups is 1. The summed E-state index contributed by atoms with van der Waals surface area (Å²) in [6.07, 6.45) is 17.0. The maximum atomic E-state index is 8.64. The van der Waals surface area contributed by atoms with Crippen LogP contribution in [0.4, 0.5) is 0 Å². The maximum Gasteiger partial charge on any atom is 0.0431 e. The Morgan fingerprint density at radius 3 is 1.29 bits per heavy atom. The number of unbranched alkanes of at least 4 members (excludes halogenated alkanes) is 12. The molecule has 0 aliphatic carbocycles. The third-order valence-electron chi connectivity index (χ3n) is 3.23. The molecule has 0 aliphatic heterocycles. The van der Waals surface area contributed by atoms with Crippen molar-refractivity contribution in [2.24, 2.45) is 0 Å². The highest BCUT2D eigenvalue weighted by atomic mass is 32.1. The lowest BCUT2D eigenvalue weighted by atomic mass is 10.0. The number of rotatable bonds is 14. The van der Waals surface area contributed by atoms with Crippen LogP contribution in [0.5, 0.6) is 0 Å². The van der Waals surface area contributed by atoms with Crippen LogP contribution in [-0.4, -0.2) is 17.1 Å². The van der Waals surface area contributed by atoms with E-state index in [1.54, 1.807) is 0 Å². The van der Waals surface area contributed by atoms with E-state index < -0.39 is 0 Å². The Hall–Kier alpha value is 0.0500. The van der Waals surface area contributed by atoms with Crippen LogP contribution in [0.25, 0.3) is 0 Å². The molecule has 102 valence electrons. The van der Waals surface area contributed by atoms with Crippen LogP contribution in [0.2, 0.25) is 0 Å². The molecule has 0 atom stereocenters. The standard InChI is InChI=1S/C15H30OS/c16-14-12-10-8-6-4-2-1-3-5-7-9-11-13-15-17/h15-16H,1-14H2. The van der Waals surface area contributed by atoms with Gasteiger partial charge in [0.05, 0.1) is 0 Å². The molecule has 0 bridgehead atoms. The summed E-state index contributed by atoms with van der Waals surface area (Å²) in [6, 6.07) is 0. The van der Waals surface area contributed by atoms with E-state index in [-0.39, 0.29) is 0 Å². The normalized spacial score (nSPS) is 10.6. The van der Waals surface area contributed by atoms with E-state index in [4.69, 9.17) is 17.3 Å². The van der Waals surface area contributed by atoms with Crippen LogP contribution in [-0.2, 0) is 0 Å². The van der Waals surface area contributed by atoms with Gasteiger partial charge in [-0.15, -0.1) is 0 Å². The van der Waals surface area contributed by atoms with Crippen molar-refractivity contribution in [2.45, 2.75) is 83.5 Å². The molecule has 1 N–H and O–H groups in total. The molecular formula is C15H30OS. The Bertz CT molecular complexity index is 148. The molecule has 0 aliphatic rings. The van der Waals surface area contributed by atoms with Crippen molar-refractivity contribution in [3.05, 3.63) is 0 Å². The zero-order chi connectivity index (χ0) is 12.6. The zero-order valence-corrected chi connectivity index (χ0v) is 12.1. The van der Waals surface area contributed by atoms with Crippen LogP contribution in [0.3, 0.4) is 0 Å². The van der Waals surface area contributed by atoms with Gasteiger partial charge in [0.2, 0.25) is 0 Å². The minimum Gasteiger partial charge on any atom is -0.396 e. The Morgan fingerprint density at radius 2 is 0.941 bits per heavy atom. The van der Waals surface area contributed by atoms with E-state index in [1.165, 1.54) is 70.6 Å². The molecule has 17 heavy (non-hydrogen) atoms. The second-order valence-electron chi connectivity index (χ2n) is 4.92. The Morgan fingerprint density at radius 1 is 0.588 bits per heavy atom. The van der Waals surface area contributed by atoms with E-state index in [1.807, 2.05) is 5.37 Å². The summed E-state index contributed by atoms with van der Waals surface area (Å²) in [6.45, 7) is 0.364. The molecule has 1 nitrogen and oxygen atoms in total. The van der Waals surface area contributed by atoms with Crippen LogP contribution in [0.15, 0.2) is 0 Å². The largest absolute Gasteiger partial charge is 0.396 e. The topological polar surface area (TPSA) is 20.2 Å². The highest BCUT2D eigenvalue weighted by Gasteiger charge is 1.93. The lowest BCUT2D eigenvalue weighted by Crippen LogP contribution is -1.85. The monoisotopic (exact) mass is 258 g/mol. The van der Waals surface area contributed by atoms with E-state index >= 15 is 0 Å². The SMILES string of the molecule is OCCCCCCCCCCCCCCC=S. The van der Waals surface area contributed by atoms with Crippen molar-refractivity contribution >= 4 is 17.6 Å². The molecular weight excluding hydrogens is 228 g/mol. The fourth-order valence-electron chi connectivity index (χ4n) is 2.11. The van der Waals surface area contributed by atoms with Gasteiger partial charge in [0.15, 0.2) is 0 Å². The van der Waals surface area contributed by atoms with Crippen molar-refractivity contribution in [1.82, 2.24) is 0 Å². The van der Waals surface area contributed by atoms with E-state index in [2.05, 4.69) is 0 Å². The molecule has 0 aromatic carbocycles. The maximum absolute atomic E-state index is 8.64. The summed E-state index contributed by atoms with van der Waals surface area (Å²) < 4.78 is 0. The van der Waals surface area contributed by atoms with Gasteiger partial charge in [0, 0.05) is 6.61 Å². The first-order valence-corrected chi connectivity index (χ1v) is 7.93.